The molecule has 0 radical (unpaired) electrons. The lowest BCUT2D eigenvalue weighted by Gasteiger charge is -2.32. The van der Waals surface area contributed by atoms with Gasteiger partial charge in [0.25, 0.3) is 0 Å². The standard InChI is InChI=1S/C26H34F3N7O2/c1-17(2)23(33-16-26(27,28)29)25(37)34-19-10-18(12-30-13-19)22-15-32-24-21(22)11-20(14-31-24)38-9-8-36-6-4-35(3)5-7-36/h10-15,17,23,33H,4-9,16H2,1-3H3,(H,31,32)(H,34,37)/t23-/m0/s1. The molecular formula is C26H34F3N7O2. The number of alkyl halides is 3. The van der Waals surface area contributed by atoms with Crippen molar-refractivity contribution in [2.75, 3.05) is 58.2 Å². The minimum Gasteiger partial charge on any atom is -0.491 e. The zero-order chi connectivity index (χ0) is 27.3. The van der Waals surface area contributed by atoms with Gasteiger partial charge in [-0.15, -0.1) is 0 Å². The molecule has 1 fully saturated rings. The van der Waals surface area contributed by atoms with Crippen LogP contribution in [-0.4, -0.2) is 95.8 Å². The molecule has 12 heteroatoms. The number of halogens is 3. The second-order valence-electron chi connectivity index (χ2n) is 9.93. The van der Waals surface area contributed by atoms with E-state index >= 15 is 0 Å². The zero-order valence-electron chi connectivity index (χ0n) is 21.8. The summed E-state index contributed by atoms with van der Waals surface area (Å²) in [6, 6.07) is 2.64. The molecule has 1 aliphatic heterocycles. The fraction of sp³-hybridized carbons (Fsp3) is 0.500. The van der Waals surface area contributed by atoms with Crippen LogP contribution in [0.25, 0.3) is 22.2 Å². The number of pyridine rings is 2. The Morgan fingerprint density at radius 3 is 2.63 bits per heavy atom. The molecular weight excluding hydrogens is 499 g/mol. The van der Waals surface area contributed by atoms with Crippen LogP contribution in [0, 0.1) is 5.92 Å². The first-order chi connectivity index (χ1) is 18.1. The Hall–Kier alpha value is -3.22. The van der Waals surface area contributed by atoms with Crippen LogP contribution in [0.1, 0.15) is 13.8 Å². The van der Waals surface area contributed by atoms with Crippen molar-refractivity contribution >= 4 is 22.6 Å². The van der Waals surface area contributed by atoms with Crippen molar-refractivity contribution in [3.8, 4) is 16.9 Å². The summed E-state index contributed by atoms with van der Waals surface area (Å²) in [7, 11) is 2.13. The number of nitrogens with zero attached hydrogens (tertiary/aromatic N) is 4. The summed E-state index contributed by atoms with van der Waals surface area (Å²) in [4.78, 5) is 29.3. The summed E-state index contributed by atoms with van der Waals surface area (Å²) in [6.07, 6.45) is 2.19. The van der Waals surface area contributed by atoms with Gasteiger partial charge in [0.05, 0.1) is 30.7 Å². The molecule has 1 aliphatic rings. The topological polar surface area (TPSA) is 98.4 Å². The first kappa shape index (κ1) is 27.8. The third-order valence-electron chi connectivity index (χ3n) is 6.57. The normalized spacial score (nSPS) is 16.2. The average Bonchev–Trinajstić information content (AvgIpc) is 3.28. The summed E-state index contributed by atoms with van der Waals surface area (Å²) in [5.74, 6) is -0.247. The Kier molecular flexibility index (Phi) is 8.85. The van der Waals surface area contributed by atoms with Crippen molar-refractivity contribution < 1.29 is 22.7 Å². The minimum absolute atomic E-state index is 0.345. The number of ether oxygens (including phenoxy) is 1. The predicted octanol–water partition coefficient (Wildman–Crippen LogP) is 3.37. The predicted molar refractivity (Wildman–Crippen MR) is 140 cm³/mol. The third kappa shape index (κ3) is 7.42. The molecule has 3 aromatic heterocycles. The molecule has 206 valence electrons. The number of anilines is 1. The van der Waals surface area contributed by atoms with Crippen LogP contribution in [0.15, 0.2) is 36.9 Å². The van der Waals surface area contributed by atoms with E-state index in [4.69, 9.17) is 4.74 Å². The second-order valence-corrected chi connectivity index (χ2v) is 9.93. The fourth-order valence-corrected chi connectivity index (χ4v) is 4.40. The van der Waals surface area contributed by atoms with Crippen LogP contribution in [0.5, 0.6) is 5.75 Å². The summed E-state index contributed by atoms with van der Waals surface area (Å²) in [5, 5.41) is 5.83. The number of fused-ring (bicyclic) bond motifs is 1. The maximum atomic E-state index is 12.7. The molecule has 0 unspecified atom stereocenters. The van der Waals surface area contributed by atoms with Crippen LogP contribution >= 0.6 is 0 Å². The fourth-order valence-electron chi connectivity index (χ4n) is 4.40. The maximum Gasteiger partial charge on any atom is 0.401 e. The number of carbonyl (C=O) groups is 1. The largest absolute Gasteiger partial charge is 0.491 e. The molecule has 1 atom stereocenters. The Bertz CT molecular complexity index is 1220. The molecule has 1 saturated heterocycles. The van der Waals surface area contributed by atoms with Gasteiger partial charge >= 0.3 is 6.18 Å². The monoisotopic (exact) mass is 533 g/mol. The van der Waals surface area contributed by atoms with Gasteiger partial charge in [-0.2, -0.15) is 13.2 Å². The van der Waals surface area contributed by atoms with Crippen molar-refractivity contribution in [1.29, 1.82) is 0 Å². The number of hydrogen-bond donors (Lipinski definition) is 3. The van der Waals surface area contributed by atoms with E-state index in [1.807, 2.05) is 6.07 Å². The van der Waals surface area contributed by atoms with Gasteiger partial charge in [-0.3, -0.25) is 20.0 Å². The van der Waals surface area contributed by atoms with Gasteiger partial charge in [-0.05, 0) is 25.1 Å². The number of aromatic amines is 1. The number of aromatic nitrogens is 3. The second kappa shape index (κ2) is 12.1. The summed E-state index contributed by atoms with van der Waals surface area (Å²) < 4.78 is 44.0. The van der Waals surface area contributed by atoms with Crippen molar-refractivity contribution in [3.05, 3.63) is 36.9 Å². The highest BCUT2D eigenvalue weighted by molar-refractivity contribution is 5.97. The van der Waals surface area contributed by atoms with E-state index in [1.165, 1.54) is 6.20 Å². The number of rotatable bonds is 10. The molecule has 38 heavy (non-hydrogen) atoms. The first-order valence-electron chi connectivity index (χ1n) is 12.7. The average molecular weight is 534 g/mol. The van der Waals surface area contributed by atoms with Crippen LogP contribution in [-0.2, 0) is 4.79 Å². The Labute approximate surface area is 219 Å². The zero-order valence-corrected chi connectivity index (χ0v) is 21.8. The number of piperazine rings is 1. The number of hydrogen-bond acceptors (Lipinski definition) is 7. The van der Waals surface area contributed by atoms with E-state index in [1.54, 1.807) is 38.5 Å². The van der Waals surface area contributed by atoms with Gasteiger partial charge in [-0.1, -0.05) is 13.8 Å². The minimum atomic E-state index is -4.41. The van der Waals surface area contributed by atoms with E-state index in [2.05, 4.69) is 42.4 Å². The quantitative estimate of drug-likeness (QED) is 0.368. The molecule has 3 aromatic rings. The lowest BCUT2D eigenvalue weighted by molar-refractivity contribution is -0.131. The highest BCUT2D eigenvalue weighted by Crippen LogP contribution is 2.31. The SMILES string of the molecule is CC(C)[C@H](NCC(F)(F)F)C(=O)Nc1cncc(-c2c[nH]c3ncc(OCCN4CCN(C)CC4)cc23)c1. The number of carbonyl (C=O) groups excluding carboxylic acids is 1. The molecule has 4 rings (SSSR count). The van der Waals surface area contributed by atoms with Gasteiger partial charge in [0.1, 0.15) is 18.0 Å². The highest BCUT2D eigenvalue weighted by Gasteiger charge is 2.31. The summed E-state index contributed by atoms with van der Waals surface area (Å²) in [6.45, 7) is 7.67. The molecule has 0 bridgehead atoms. The van der Waals surface area contributed by atoms with Crippen molar-refractivity contribution in [3.63, 3.8) is 0 Å². The van der Waals surface area contributed by atoms with Crippen LogP contribution in [0.3, 0.4) is 0 Å². The Morgan fingerprint density at radius 1 is 1.16 bits per heavy atom. The number of nitrogens with one attached hydrogen (secondary N) is 3. The Morgan fingerprint density at radius 2 is 1.92 bits per heavy atom. The van der Waals surface area contributed by atoms with Gasteiger partial charge in [0.2, 0.25) is 5.91 Å². The molecule has 9 nitrogen and oxygen atoms in total. The van der Waals surface area contributed by atoms with Crippen molar-refractivity contribution in [1.82, 2.24) is 30.1 Å². The Balaban J connectivity index is 1.44. The van der Waals surface area contributed by atoms with Crippen molar-refractivity contribution in [2.45, 2.75) is 26.1 Å². The van der Waals surface area contributed by atoms with Gasteiger partial charge < -0.3 is 19.9 Å². The van der Waals surface area contributed by atoms with Crippen LogP contribution < -0.4 is 15.4 Å². The van der Waals surface area contributed by atoms with Crippen LogP contribution in [0.4, 0.5) is 18.9 Å². The third-order valence-corrected chi connectivity index (χ3v) is 6.57. The van der Waals surface area contributed by atoms with E-state index in [0.29, 0.717) is 23.7 Å². The molecule has 0 saturated carbocycles. The van der Waals surface area contributed by atoms with Crippen LogP contribution in [0.2, 0.25) is 0 Å². The van der Waals surface area contributed by atoms with E-state index in [-0.39, 0.29) is 5.92 Å². The summed E-state index contributed by atoms with van der Waals surface area (Å²) in [5.41, 5.74) is 2.59. The van der Waals surface area contributed by atoms with Crippen molar-refractivity contribution in [2.24, 2.45) is 5.92 Å². The number of amides is 1. The lowest BCUT2D eigenvalue weighted by Crippen LogP contribution is -2.47. The van der Waals surface area contributed by atoms with E-state index in [0.717, 1.165) is 49.2 Å². The maximum absolute atomic E-state index is 12.7. The van der Waals surface area contributed by atoms with Gasteiger partial charge in [0.15, 0.2) is 0 Å². The summed E-state index contributed by atoms with van der Waals surface area (Å²) >= 11 is 0. The molecule has 4 heterocycles. The number of H-pyrrole nitrogens is 1. The molecule has 0 spiro atoms. The van der Waals surface area contributed by atoms with Gasteiger partial charge in [-0.25, -0.2) is 4.98 Å². The first-order valence-corrected chi connectivity index (χ1v) is 12.7. The molecule has 0 aliphatic carbocycles. The molecule has 1 amide bonds. The van der Waals surface area contributed by atoms with E-state index in [9.17, 15) is 18.0 Å². The number of likely N-dealkylation sites (N-methyl/N-ethyl adjacent to an activating group) is 1. The van der Waals surface area contributed by atoms with E-state index < -0.39 is 24.7 Å². The molecule has 3 N–H and O–H groups in total. The smallest absolute Gasteiger partial charge is 0.401 e. The van der Waals surface area contributed by atoms with Gasteiger partial charge in [0, 0.05) is 61.6 Å². The molecule has 0 aromatic carbocycles. The highest BCUT2D eigenvalue weighted by atomic mass is 19.4. The lowest BCUT2D eigenvalue weighted by atomic mass is 10.0.